The Balaban J connectivity index is 1.95. The fourth-order valence-corrected chi connectivity index (χ4v) is 3.77. The number of nitrogens with one attached hydrogen (secondary N) is 1. The fraction of sp³-hybridized carbons (Fsp3) is 0.333. The number of H-pyrrole nitrogens is 1. The van der Waals surface area contributed by atoms with Gasteiger partial charge in [0, 0.05) is 16.4 Å². The van der Waals surface area contributed by atoms with E-state index in [0.29, 0.717) is 5.75 Å². The minimum absolute atomic E-state index is 0.0177. The normalized spacial score (nSPS) is 15.7. The summed E-state index contributed by atoms with van der Waals surface area (Å²) in [5.41, 5.74) is 0.801. The number of ether oxygens (including phenoxy) is 1. The molecule has 0 radical (unpaired) electrons. The van der Waals surface area contributed by atoms with Crippen LogP contribution in [0, 0.1) is 0 Å². The second kappa shape index (κ2) is 5.73. The molecular formula is C15H15ClN2O2S. The summed E-state index contributed by atoms with van der Waals surface area (Å²) in [5.74, 6) is 1.76. The quantitative estimate of drug-likeness (QED) is 0.905. The third-order valence-electron chi connectivity index (χ3n) is 3.44. The van der Waals surface area contributed by atoms with Crippen molar-refractivity contribution in [2.45, 2.75) is 24.5 Å². The lowest BCUT2D eigenvalue weighted by atomic mass is 10.1. The lowest BCUT2D eigenvalue weighted by Gasteiger charge is -2.18. The lowest BCUT2D eigenvalue weighted by molar-refractivity contribution is 0.444. The van der Waals surface area contributed by atoms with Gasteiger partial charge < -0.3 is 4.74 Å². The van der Waals surface area contributed by atoms with E-state index < -0.39 is 0 Å². The van der Waals surface area contributed by atoms with Crippen LogP contribution in [0.2, 0.25) is 5.15 Å². The Labute approximate surface area is 131 Å². The summed E-state index contributed by atoms with van der Waals surface area (Å²) in [6.45, 7) is 2.15. The molecule has 21 heavy (non-hydrogen) atoms. The lowest BCUT2D eigenvalue weighted by Crippen LogP contribution is -2.10. The van der Waals surface area contributed by atoms with Gasteiger partial charge in [-0.3, -0.25) is 9.89 Å². The fourth-order valence-electron chi connectivity index (χ4n) is 2.36. The number of para-hydroxylation sites is 1. The van der Waals surface area contributed by atoms with Gasteiger partial charge in [0.25, 0.3) is 5.88 Å². The first-order chi connectivity index (χ1) is 10.1. The summed E-state index contributed by atoms with van der Waals surface area (Å²) in [4.78, 5) is 11.8. The number of hydrogen-bond donors (Lipinski definition) is 1. The van der Waals surface area contributed by atoms with Gasteiger partial charge in [-0.05, 0) is 24.7 Å². The molecule has 1 aliphatic rings. The molecular weight excluding hydrogens is 308 g/mol. The highest BCUT2D eigenvalue weighted by molar-refractivity contribution is 8.00. The van der Waals surface area contributed by atoms with Crippen molar-refractivity contribution >= 4 is 23.4 Å². The van der Waals surface area contributed by atoms with Crippen molar-refractivity contribution in [3.8, 4) is 11.6 Å². The Morgan fingerprint density at radius 2 is 2.19 bits per heavy atom. The molecule has 6 heteroatoms. The number of nitrogens with zero attached hydrogens (tertiary/aromatic N) is 1. The monoisotopic (exact) mass is 322 g/mol. The van der Waals surface area contributed by atoms with Crippen LogP contribution in [0.3, 0.4) is 0 Å². The van der Waals surface area contributed by atoms with E-state index >= 15 is 0 Å². The number of benzene rings is 1. The molecule has 2 aromatic rings. The first kappa shape index (κ1) is 14.5. The van der Waals surface area contributed by atoms with E-state index in [1.165, 1.54) is 6.07 Å². The summed E-state index contributed by atoms with van der Waals surface area (Å²) >= 11 is 7.62. The van der Waals surface area contributed by atoms with Crippen molar-refractivity contribution in [2.75, 3.05) is 5.75 Å². The van der Waals surface area contributed by atoms with Crippen LogP contribution in [0.1, 0.15) is 25.3 Å². The molecule has 1 saturated carbocycles. The zero-order valence-electron chi connectivity index (χ0n) is 11.6. The maximum absolute atomic E-state index is 11.8. The van der Waals surface area contributed by atoms with Crippen LogP contribution < -0.4 is 10.2 Å². The topological polar surface area (TPSA) is 55.0 Å². The molecule has 0 atom stereocenters. The van der Waals surface area contributed by atoms with Crippen molar-refractivity contribution < 1.29 is 4.74 Å². The predicted molar refractivity (Wildman–Crippen MR) is 85.4 cm³/mol. The highest BCUT2D eigenvalue weighted by Crippen LogP contribution is 2.59. The van der Waals surface area contributed by atoms with Crippen LogP contribution in [-0.4, -0.2) is 16.0 Å². The van der Waals surface area contributed by atoms with Crippen LogP contribution in [0.5, 0.6) is 11.6 Å². The molecule has 0 saturated heterocycles. The average Bonchev–Trinajstić information content (AvgIpc) is 3.24. The second-order valence-corrected chi connectivity index (χ2v) is 6.97. The van der Waals surface area contributed by atoms with Crippen LogP contribution in [0.25, 0.3) is 0 Å². The largest absolute Gasteiger partial charge is 0.434 e. The SMILES string of the molecule is CCSC1(c2ccccc2Oc2n[nH]c(Cl)cc2=O)CC1. The van der Waals surface area contributed by atoms with Crippen molar-refractivity contribution in [1.29, 1.82) is 0 Å². The Bertz CT molecular complexity index is 713. The average molecular weight is 323 g/mol. The van der Waals surface area contributed by atoms with Gasteiger partial charge in [-0.15, -0.1) is 5.10 Å². The Kier molecular flexibility index (Phi) is 3.95. The summed E-state index contributed by atoms with van der Waals surface area (Å²) in [6, 6.07) is 9.10. The van der Waals surface area contributed by atoms with Crippen molar-refractivity contribution in [3.05, 3.63) is 51.3 Å². The van der Waals surface area contributed by atoms with Gasteiger partial charge in [0.15, 0.2) is 0 Å². The van der Waals surface area contributed by atoms with Crippen molar-refractivity contribution in [3.63, 3.8) is 0 Å². The number of hydrogen-bond acceptors (Lipinski definition) is 4. The van der Waals surface area contributed by atoms with Crippen LogP contribution >= 0.6 is 23.4 Å². The van der Waals surface area contributed by atoms with Gasteiger partial charge in [-0.25, -0.2) is 0 Å². The summed E-state index contributed by atoms with van der Waals surface area (Å²) in [7, 11) is 0. The Morgan fingerprint density at radius 1 is 1.43 bits per heavy atom. The van der Waals surface area contributed by atoms with E-state index in [1.807, 2.05) is 30.0 Å². The Hall–Kier alpha value is -1.46. The van der Waals surface area contributed by atoms with Crippen molar-refractivity contribution in [1.82, 2.24) is 10.2 Å². The second-order valence-electron chi connectivity index (χ2n) is 4.91. The minimum Gasteiger partial charge on any atom is -0.434 e. The van der Waals surface area contributed by atoms with Gasteiger partial charge in [0.2, 0.25) is 5.43 Å². The standard InChI is InChI=1S/C15H15ClN2O2S/c1-2-21-15(7-8-15)10-5-3-4-6-12(10)20-14-11(19)9-13(16)17-18-14/h3-6,9H,2,7-8H2,1H3,(H,17,19). The summed E-state index contributed by atoms with van der Waals surface area (Å²) in [6.07, 6.45) is 2.27. The molecule has 0 unspecified atom stereocenters. The molecule has 1 aromatic heterocycles. The van der Waals surface area contributed by atoms with Gasteiger partial charge >= 0.3 is 0 Å². The minimum atomic E-state index is -0.332. The highest BCUT2D eigenvalue weighted by atomic mass is 35.5. The van der Waals surface area contributed by atoms with Crippen LogP contribution in [0.15, 0.2) is 35.1 Å². The third kappa shape index (κ3) is 2.94. The van der Waals surface area contributed by atoms with Crippen molar-refractivity contribution in [2.24, 2.45) is 0 Å². The number of aromatic amines is 1. The molecule has 1 heterocycles. The van der Waals surface area contributed by atoms with E-state index in [0.717, 1.165) is 24.2 Å². The van der Waals surface area contributed by atoms with E-state index in [2.05, 4.69) is 23.2 Å². The van der Waals surface area contributed by atoms with E-state index in [4.69, 9.17) is 16.3 Å². The molecule has 0 aliphatic heterocycles. The highest BCUT2D eigenvalue weighted by Gasteiger charge is 2.46. The molecule has 1 aliphatic carbocycles. The van der Waals surface area contributed by atoms with Gasteiger partial charge in [-0.1, -0.05) is 36.7 Å². The zero-order chi connectivity index (χ0) is 14.9. The number of aromatic nitrogens is 2. The smallest absolute Gasteiger partial charge is 0.285 e. The van der Waals surface area contributed by atoms with Gasteiger partial charge in [0.1, 0.15) is 10.9 Å². The molecule has 0 amide bonds. The van der Waals surface area contributed by atoms with Gasteiger partial charge in [-0.2, -0.15) is 11.8 Å². The van der Waals surface area contributed by atoms with E-state index in [-0.39, 0.29) is 21.2 Å². The van der Waals surface area contributed by atoms with Crippen LogP contribution in [-0.2, 0) is 4.75 Å². The molecule has 4 nitrogen and oxygen atoms in total. The summed E-state index contributed by atoms with van der Waals surface area (Å²) in [5, 5.41) is 6.60. The summed E-state index contributed by atoms with van der Waals surface area (Å²) < 4.78 is 5.87. The molecule has 1 fully saturated rings. The predicted octanol–water partition coefficient (Wildman–Crippen LogP) is 3.96. The Morgan fingerprint density at radius 3 is 2.86 bits per heavy atom. The van der Waals surface area contributed by atoms with Crippen LogP contribution in [0.4, 0.5) is 0 Å². The maximum atomic E-state index is 11.8. The van der Waals surface area contributed by atoms with E-state index in [1.54, 1.807) is 0 Å². The third-order valence-corrected chi connectivity index (χ3v) is 5.11. The van der Waals surface area contributed by atoms with E-state index in [9.17, 15) is 4.79 Å². The molecule has 0 bridgehead atoms. The molecule has 1 aromatic carbocycles. The molecule has 3 rings (SSSR count). The molecule has 110 valence electrons. The number of rotatable bonds is 5. The first-order valence-corrected chi connectivity index (χ1v) is 8.17. The van der Waals surface area contributed by atoms with Gasteiger partial charge in [0.05, 0.1) is 0 Å². The number of thioether (sulfide) groups is 1. The molecule has 1 N–H and O–H groups in total. The zero-order valence-corrected chi connectivity index (χ0v) is 13.1. The first-order valence-electron chi connectivity index (χ1n) is 6.81. The molecule has 0 spiro atoms. The number of halogens is 1. The maximum Gasteiger partial charge on any atom is 0.285 e.